The van der Waals surface area contributed by atoms with Gasteiger partial charge in [-0.3, -0.25) is 9.59 Å². The molecule has 0 radical (unpaired) electrons. The molecule has 60 heavy (non-hydrogen) atoms. The lowest BCUT2D eigenvalue weighted by molar-refractivity contribution is -0.137. The third-order valence-electron chi connectivity index (χ3n) is 9.76. The lowest BCUT2D eigenvalue weighted by atomic mass is 10.1. The predicted molar refractivity (Wildman–Crippen MR) is 250 cm³/mol. The minimum Gasteiger partial charge on any atom is -0.453 e. The van der Waals surface area contributed by atoms with Crippen LogP contribution in [0.4, 0.5) is 9.59 Å². The van der Waals surface area contributed by atoms with Crippen molar-refractivity contribution in [2.75, 3.05) is 27.3 Å². The van der Waals surface area contributed by atoms with Gasteiger partial charge in [-0.05, 0) is 75.4 Å². The first-order valence-electron chi connectivity index (χ1n) is 17.8. The van der Waals surface area contributed by atoms with Gasteiger partial charge in [-0.1, -0.05) is 38.8 Å². The summed E-state index contributed by atoms with van der Waals surface area (Å²) < 4.78 is 9.26. The van der Waals surface area contributed by atoms with Crippen LogP contribution >= 0.6 is 54.0 Å². The highest BCUT2D eigenvalue weighted by Gasteiger charge is 2.39. The van der Waals surface area contributed by atoms with Crippen LogP contribution in [0.15, 0.2) is 48.7 Å². The number of rotatable bonds is 9. The number of alkyl carbamates (subject to hydrolysis) is 2. The number of aliphatic hydroxyl groups is 2. The molecule has 6 atom stereocenters. The Kier molecular flexibility index (Phi) is 22.8. The highest BCUT2D eigenvalue weighted by Crippen LogP contribution is 2.34. The van der Waals surface area contributed by atoms with E-state index in [1.54, 1.807) is 16.0 Å². The maximum Gasteiger partial charge on any atom is 0.407 e. The summed E-state index contributed by atoms with van der Waals surface area (Å²) in [7, 11) is 2.40. The number of hydrogen-bond donors (Lipinski definition) is 6. The third kappa shape index (κ3) is 12.5. The number of nitrogens with one attached hydrogen (secondary N) is 4. The van der Waals surface area contributed by atoms with E-state index in [0.717, 1.165) is 46.3 Å². The molecule has 2 fully saturated rings. The van der Waals surface area contributed by atoms with Crippen molar-refractivity contribution in [1.82, 2.24) is 40.4 Å². The molecule has 2 aliphatic rings. The van der Waals surface area contributed by atoms with Crippen LogP contribution in [0, 0.1) is 11.8 Å². The minimum absolute atomic E-state index is 0. The van der Waals surface area contributed by atoms with Crippen molar-refractivity contribution in [1.29, 1.82) is 0 Å². The molecule has 20 heteroatoms. The molecule has 0 aliphatic carbocycles. The van der Waals surface area contributed by atoms with Crippen LogP contribution in [0.5, 0.6) is 0 Å². The van der Waals surface area contributed by atoms with Crippen LogP contribution in [0.1, 0.15) is 89.2 Å². The molecule has 4 aromatic rings. The second-order valence-corrected chi connectivity index (χ2v) is 13.5. The number of hydrogen-bond acceptors (Lipinski definition) is 10. The second kappa shape index (κ2) is 24.7. The number of amides is 4. The van der Waals surface area contributed by atoms with Gasteiger partial charge in [0, 0.05) is 24.2 Å². The van der Waals surface area contributed by atoms with Crippen LogP contribution in [0.2, 0.25) is 0 Å². The molecule has 6 N–H and O–H groups in total. The average molecular weight is 909 g/mol. The zero-order valence-corrected chi connectivity index (χ0v) is 36.5. The molecule has 4 heterocycles. The van der Waals surface area contributed by atoms with E-state index in [9.17, 15) is 29.4 Å². The predicted octanol–water partition coefficient (Wildman–Crippen LogP) is 4.61. The number of H-pyrrole nitrogens is 2. The van der Waals surface area contributed by atoms with E-state index >= 15 is 0 Å². The van der Waals surface area contributed by atoms with Crippen molar-refractivity contribution in [3.63, 3.8) is 0 Å². The fourth-order valence-corrected chi connectivity index (χ4v) is 6.93. The smallest absolute Gasteiger partial charge is 0.407 e. The van der Waals surface area contributed by atoms with Crippen molar-refractivity contribution < 1.29 is 38.9 Å². The molecule has 2 saturated heterocycles. The van der Waals surface area contributed by atoms with Crippen LogP contribution in [0.3, 0.4) is 0 Å². The molecule has 4 amide bonds. The van der Waals surface area contributed by atoms with Gasteiger partial charge >= 0.3 is 12.2 Å². The number of aromatic amines is 2. The van der Waals surface area contributed by atoms with E-state index in [1.807, 2.05) is 42.5 Å². The van der Waals surface area contributed by atoms with Crippen LogP contribution in [0.25, 0.3) is 22.3 Å². The number of imidazole rings is 2. The first kappa shape index (κ1) is 55.5. The number of aromatic nitrogens is 4. The van der Waals surface area contributed by atoms with Gasteiger partial charge in [-0.25, -0.2) is 19.6 Å². The molecule has 6 rings (SSSR count). The van der Waals surface area contributed by atoms with Gasteiger partial charge in [0.05, 0.1) is 61.4 Å². The number of nitrogens with zero attached hydrogens (tertiary/aromatic N) is 4. The van der Waals surface area contributed by atoms with E-state index in [1.165, 1.54) is 28.1 Å². The monoisotopic (exact) mass is 908 g/mol. The Morgan fingerprint density at radius 3 is 1.73 bits per heavy atom. The largest absolute Gasteiger partial charge is 0.453 e. The molecule has 2 aromatic heterocycles. The van der Waals surface area contributed by atoms with Crippen molar-refractivity contribution >= 4 is 89.0 Å². The van der Waals surface area contributed by atoms with Gasteiger partial charge in [0.1, 0.15) is 23.7 Å². The zero-order chi connectivity index (χ0) is 38.5. The lowest BCUT2D eigenvalue weighted by Crippen LogP contribution is -2.53. The summed E-state index contributed by atoms with van der Waals surface area (Å²) in [5.41, 5.74) is 4.72. The zero-order valence-electron chi connectivity index (χ0n) is 32.5. The van der Waals surface area contributed by atoms with Crippen LogP contribution in [-0.4, -0.2) is 116 Å². The molecule has 0 unspecified atom stereocenters. The number of carbonyl (C=O) groups is 4. The minimum atomic E-state index is -1.15. The Morgan fingerprint density at radius 1 is 0.750 bits per heavy atom. The molecular weight excluding hydrogens is 849 g/mol. The standard InChI is InChI=1S/C38H44N8O8.2CH4.4H2S/c1-21(47)31(43-37(51)53-3)35(49)45-17-5-7-29(45)33-39-20-28(42-33)25-14-11-23(12-15-25)9-10-24-13-16-26-27(19-24)41-34(40-26)30-8-6-18-46(30)36(50)32(22(2)48)44-38(52)54-4;;;;;;/h11-16,19-22,29-32,47-48H,5-8,17-18H2,1-4H3,(H,39,42)(H,40,41)(H,43,51)(H,44,52);2*1H4;4*1H2/t21-,22-,29+,30+,31+,32+;;;;;;/m1....../s1. The van der Waals surface area contributed by atoms with E-state index in [-0.39, 0.29) is 80.9 Å². The van der Waals surface area contributed by atoms with E-state index < -0.39 is 48.3 Å². The van der Waals surface area contributed by atoms with Crippen molar-refractivity contribution in [2.45, 2.75) is 90.8 Å². The van der Waals surface area contributed by atoms with Gasteiger partial charge in [-0.15, -0.1) is 0 Å². The Morgan fingerprint density at radius 2 is 1.23 bits per heavy atom. The summed E-state index contributed by atoms with van der Waals surface area (Å²) in [6, 6.07) is 10.4. The SMILES string of the molecule is C.C.COC(=O)N[C@H](C(=O)N1CCC[C@H]1c1ncc(-c2ccc(C#Cc3ccc4nc([C@@H]5CCCN5C(=O)[C@@H](NC(=O)OC)[C@@H](C)O)[nH]c4c3)cc2)[nH]1)[C@@H](C)O.S.S.S.S. The van der Waals surface area contributed by atoms with Crippen LogP contribution < -0.4 is 10.6 Å². The van der Waals surface area contributed by atoms with Gasteiger partial charge in [0.15, 0.2) is 0 Å². The number of ether oxygens (including phenoxy) is 2. The molecular formula is C40H60N8O8S4. The Labute approximate surface area is 379 Å². The summed E-state index contributed by atoms with van der Waals surface area (Å²) in [5.74, 6) is 6.83. The van der Waals surface area contributed by atoms with Gasteiger partial charge in [-0.2, -0.15) is 54.0 Å². The highest BCUT2D eigenvalue weighted by atomic mass is 32.1. The lowest BCUT2D eigenvalue weighted by Gasteiger charge is -2.29. The molecule has 0 saturated carbocycles. The Balaban J connectivity index is 0.00000580. The Bertz CT molecular complexity index is 2090. The van der Waals surface area contributed by atoms with Crippen molar-refractivity contribution in [2.24, 2.45) is 0 Å². The fraction of sp³-hybridized carbons (Fsp3) is 0.450. The quantitative estimate of drug-likeness (QED) is 0.128. The summed E-state index contributed by atoms with van der Waals surface area (Å²) in [4.78, 5) is 69.6. The number of fused-ring (bicyclic) bond motifs is 1. The van der Waals surface area contributed by atoms with Gasteiger partial charge in [0.25, 0.3) is 0 Å². The number of aliphatic hydroxyl groups excluding tert-OH is 2. The molecule has 332 valence electrons. The Hall–Kier alpha value is -4.52. The summed E-state index contributed by atoms with van der Waals surface area (Å²) >= 11 is 0. The molecule has 2 aromatic carbocycles. The maximum atomic E-state index is 13.4. The number of methoxy groups -OCH3 is 2. The second-order valence-electron chi connectivity index (χ2n) is 13.5. The normalized spacial score (nSPS) is 17.1. The number of carbonyl (C=O) groups excluding carboxylic acids is 4. The molecule has 0 bridgehead atoms. The summed E-state index contributed by atoms with van der Waals surface area (Å²) in [6.07, 6.45) is 0.753. The van der Waals surface area contributed by atoms with Crippen LogP contribution in [-0.2, 0) is 19.1 Å². The number of benzene rings is 2. The fourth-order valence-electron chi connectivity index (χ4n) is 6.93. The first-order valence-corrected chi connectivity index (χ1v) is 17.8. The molecule has 16 nitrogen and oxygen atoms in total. The average Bonchev–Trinajstić information content (AvgIpc) is 4.00. The molecule has 2 aliphatic heterocycles. The van der Waals surface area contributed by atoms with E-state index in [0.29, 0.717) is 37.6 Å². The van der Waals surface area contributed by atoms with Gasteiger partial charge < -0.3 is 50.1 Å². The summed E-state index contributed by atoms with van der Waals surface area (Å²) in [5, 5.41) is 25.3. The maximum absolute atomic E-state index is 13.4. The topological polar surface area (TPSA) is 215 Å². The number of likely N-dealkylation sites (tertiary alicyclic amines) is 2. The first-order chi connectivity index (χ1) is 26.0. The van der Waals surface area contributed by atoms with E-state index in [4.69, 9.17) is 4.98 Å². The van der Waals surface area contributed by atoms with Crippen molar-refractivity contribution in [3.05, 3.63) is 71.4 Å². The third-order valence-corrected chi connectivity index (χ3v) is 9.76. The summed E-state index contributed by atoms with van der Waals surface area (Å²) in [6.45, 7) is 3.82. The highest BCUT2D eigenvalue weighted by molar-refractivity contribution is 7.59. The van der Waals surface area contributed by atoms with Crippen molar-refractivity contribution in [3.8, 4) is 23.1 Å². The van der Waals surface area contributed by atoms with Gasteiger partial charge in [0.2, 0.25) is 11.8 Å². The van der Waals surface area contributed by atoms with E-state index in [2.05, 4.69) is 46.9 Å². The molecule has 0 spiro atoms.